The molecule has 1 aliphatic rings. The Labute approximate surface area is 165 Å². The van der Waals surface area contributed by atoms with Gasteiger partial charge in [0.2, 0.25) is 5.91 Å². The summed E-state index contributed by atoms with van der Waals surface area (Å²) in [7, 11) is 0. The van der Waals surface area contributed by atoms with Crippen molar-refractivity contribution in [1.82, 2.24) is 4.90 Å². The maximum atomic E-state index is 12.4. The minimum absolute atomic E-state index is 0.280. The van der Waals surface area contributed by atoms with Crippen molar-refractivity contribution in [1.29, 1.82) is 0 Å². The number of imide groups is 1. The lowest BCUT2D eigenvalue weighted by molar-refractivity contribution is -0.127. The van der Waals surface area contributed by atoms with E-state index in [1.807, 2.05) is 36.4 Å². The van der Waals surface area contributed by atoms with Gasteiger partial charge in [0, 0.05) is 10.7 Å². The molecule has 136 valence electrons. The number of carbonyl (C=O) groups excluding carboxylic acids is 3. The molecule has 0 aromatic heterocycles. The molecular weight excluding hydrogens is 384 g/mol. The number of rotatable bonds is 5. The molecule has 1 saturated heterocycles. The van der Waals surface area contributed by atoms with Crippen LogP contribution in [0, 0.1) is 0 Å². The second-order valence-electron chi connectivity index (χ2n) is 5.62. The van der Waals surface area contributed by atoms with Crippen LogP contribution >= 0.6 is 23.4 Å². The van der Waals surface area contributed by atoms with Crippen molar-refractivity contribution in [2.24, 2.45) is 0 Å². The van der Waals surface area contributed by atoms with Crippen molar-refractivity contribution >= 4 is 52.2 Å². The van der Waals surface area contributed by atoms with Gasteiger partial charge in [0.15, 0.2) is 0 Å². The zero-order valence-corrected chi connectivity index (χ0v) is 15.7. The third-order valence-electron chi connectivity index (χ3n) is 3.62. The number of hydrogen-bond acceptors (Lipinski definition) is 4. The van der Waals surface area contributed by atoms with Crippen LogP contribution in [0.15, 0.2) is 71.7 Å². The predicted octanol–water partition coefficient (Wildman–Crippen LogP) is 4.57. The summed E-state index contributed by atoms with van der Waals surface area (Å²) >= 11 is 6.68. The first kappa shape index (κ1) is 18.9. The van der Waals surface area contributed by atoms with Gasteiger partial charge in [0.05, 0.1) is 4.91 Å². The summed E-state index contributed by atoms with van der Waals surface area (Å²) in [5, 5.41) is 2.63. The summed E-state index contributed by atoms with van der Waals surface area (Å²) in [6.07, 6.45) is 5.12. The molecule has 1 aliphatic heterocycles. The van der Waals surface area contributed by atoms with Crippen LogP contribution in [0.5, 0.6) is 0 Å². The van der Waals surface area contributed by atoms with Crippen molar-refractivity contribution < 1.29 is 14.4 Å². The van der Waals surface area contributed by atoms with Crippen LogP contribution in [0.25, 0.3) is 6.08 Å². The van der Waals surface area contributed by atoms with E-state index in [9.17, 15) is 14.4 Å². The van der Waals surface area contributed by atoms with Crippen molar-refractivity contribution in [3.05, 3.63) is 82.2 Å². The number of amides is 3. The highest BCUT2D eigenvalue weighted by molar-refractivity contribution is 8.18. The van der Waals surface area contributed by atoms with E-state index < -0.39 is 17.1 Å². The molecule has 7 heteroatoms. The Morgan fingerprint density at radius 1 is 1.11 bits per heavy atom. The van der Waals surface area contributed by atoms with Crippen LogP contribution in [0.3, 0.4) is 0 Å². The molecule has 0 radical (unpaired) electrons. The van der Waals surface area contributed by atoms with Gasteiger partial charge in [-0.2, -0.15) is 0 Å². The molecule has 3 rings (SSSR count). The fourth-order valence-electron chi connectivity index (χ4n) is 2.37. The number of allylic oxidation sites excluding steroid dienone is 2. The van der Waals surface area contributed by atoms with Crippen LogP contribution < -0.4 is 5.32 Å². The number of nitrogens with one attached hydrogen (secondary N) is 1. The standard InChI is InChI=1S/C20H15ClN2O3S/c21-15-9-5-10-16(12-15)22-18(24)13-23-19(25)17(27-20(23)26)11-4-8-14-6-2-1-3-7-14/h1-12H,13H2,(H,22,24)/b8-4+,17-11+. The third kappa shape index (κ3) is 5.09. The lowest BCUT2D eigenvalue weighted by atomic mass is 10.2. The number of carbonyl (C=O) groups is 3. The van der Waals surface area contributed by atoms with Crippen LogP contribution in [-0.2, 0) is 9.59 Å². The van der Waals surface area contributed by atoms with Gasteiger partial charge in [0.1, 0.15) is 6.54 Å². The van der Waals surface area contributed by atoms with Crippen molar-refractivity contribution in [2.45, 2.75) is 0 Å². The smallest absolute Gasteiger partial charge is 0.294 e. The van der Waals surface area contributed by atoms with Gasteiger partial charge < -0.3 is 5.32 Å². The van der Waals surface area contributed by atoms with E-state index in [4.69, 9.17) is 11.6 Å². The van der Waals surface area contributed by atoms with E-state index in [1.165, 1.54) is 0 Å². The molecule has 2 aromatic carbocycles. The Morgan fingerprint density at radius 2 is 1.89 bits per heavy atom. The minimum Gasteiger partial charge on any atom is -0.324 e. The molecule has 2 aromatic rings. The predicted molar refractivity (Wildman–Crippen MR) is 108 cm³/mol. The Kier molecular flexibility index (Phi) is 6.11. The fraction of sp³-hybridized carbons (Fsp3) is 0.0500. The van der Waals surface area contributed by atoms with Gasteiger partial charge in [-0.1, -0.05) is 60.2 Å². The van der Waals surface area contributed by atoms with E-state index in [1.54, 1.807) is 36.4 Å². The number of benzene rings is 2. The Bertz CT molecular complexity index is 941. The molecule has 1 heterocycles. The van der Waals surface area contributed by atoms with Gasteiger partial charge in [-0.3, -0.25) is 19.3 Å². The average molecular weight is 399 g/mol. The summed E-state index contributed by atoms with van der Waals surface area (Å²) in [5.74, 6) is -0.954. The highest BCUT2D eigenvalue weighted by Gasteiger charge is 2.35. The SMILES string of the molecule is O=C(CN1C(=O)S/C(=C/C=C/c2ccccc2)C1=O)Nc1cccc(Cl)c1. The van der Waals surface area contributed by atoms with Crippen LogP contribution in [0.1, 0.15) is 5.56 Å². The number of halogens is 1. The van der Waals surface area contributed by atoms with Crippen LogP contribution in [0.4, 0.5) is 10.5 Å². The monoisotopic (exact) mass is 398 g/mol. The molecule has 0 saturated carbocycles. The first-order valence-electron chi connectivity index (χ1n) is 8.05. The lowest BCUT2D eigenvalue weighted by Crippen LogP contribution is -2.36. The molecule has 3 amide bonds. The Hall–Kier alpha value is -2.83. The van der Waals surface area contributed by atoms with Crippen molar-refractivity contribution in [3.8, 4) is 0 Å². The van der Waals surface area contributed by atoms with Crippen molar-refractivity contribution in [3.63, 3.8) is 0 Å². The van der Waals surface area contributed by atoms with E-state index in [2.05, 4.69) is 5.32 Å². The first-order valence-corrected chi connectivity index (χ1v) is 9.25. The molecule has 1 N–H and O–H groups in total. The third-order valence-corrected chi connectivity index (χ3v) is 4.78. The number of nitrogens with zero attached hydrogens (tertiary/aromatic N) is 1. The molecule has 0 unspecified atom stereocenters. The van der Waals surface area contributed by atoms with E-state index in [-0.39, 0.29) is 11.4 Å². The quantitative estimate of drug-likeness (QED) is 0.749. The molecular formula is C20H15ClN2O3S. The fourth-order valence-corrected chi connectivity index (χ4v) is 3.35. The van der Waals surface area contributed by atoms with E-state index >= 15 is 0 Å². The summed E-state index contributed by atoms with van der Waals surface area (Å²) < 4.78 is 0. The molecule has 0 spiro atoms. The summed E-state index contributed by atoms with van der Waals surface area (Å²) in [4.78, 5) is 37.8. The Balaban J connectivity index is 1.62. The normalized spacial score (nSPS) is 15.7. The van der Waals surface area contributed by atoms with Crippen molar-refractivity contribution in [2.75, 3.05) is 11.9 Å². The van der Waals surface area contributed by atoms with Crippen LogP contribution in [-0.4, -0.2) is 28.5 Å². The number of anilines is 1. The summed E-state index contributed by atoms with van der Waals surface area (Å²) in [5.41, 5.74) is 1.48. The maximum absolute atomic E-state index is 12.4. The van der Waals surface area contributed by atoms with Crippen LogP contribution in [0.2, 0.25) is 5.02 Å². The second kappa shape index (κ2) is 8.70. The number of thioether (sulfide) groups is 1. The summed E-state index contributed by atoms with van der Waals surface area (Å²) in [6, 6.07) is 16.2. The Morgan fingerprint density at radius 3 is 2.63 bits per heavy atom. The van der Waals surface area contributed by atoms with Gasteiger partial charge >= 0.3 is 0 Å². The van der Waals surface area contributed by atoms with Gasteiger partial charge in [-0.05, 0) is 41.6 Å². The first-order chi connectivity index (χ1) is 13.0. The van der Waals surface area contributed by atoms with Gasteiger partial charge in [-0.15, -0.1) is 0 Å². The maximum Gasteiger partial charge on any atom is 0.294 e. The molecule has 0 bridgehead atoms. The number of hydrogen-bond donors (Lipinski definition) is 1. The molecule has 5 nitrogen and oxygen atoms in total. The molecule has 0 aliphatic carbocycles. The zero-order valence-electron chi connectivity index (χ0n) is 14.1. The lowest BCUT2D eigenvalue weighted by Gasteiger charge is -2.12. The summed E-state index contributed by atoms with van der Waals surface area (Å²) in [6.45, 7) is -0.350. The zero-order chi connectivity index (χ0) is 19.2. The largest absolute Gasteiger partial charge is 0.324 e. The molecule has 27 heavy (non-hydrogen) atoms. The van der Waals surface area contributed by atoms with Gasteiger partial charge in [-0.25, -0.2) is 0 Å². The topological polar surface area (TPSA) is 66.5 Å². The molecule has 0 atom stereocenters. The van der Waals surface area contributed by atoms with Gasteiger partial charge in [0.25, 0.3) is 11.1 Å². The average Bonchev–Trinajstić information content (AvgIpc) is 2.90. The minimum atomic E-state index is -0.482. The second-order valence-corrected chi connectivity index (χ2v) is 7.05. The van der Waals surface area contributed by atoms with E-state index in [0.29, 0.717) is 10.7 Å². The highest BCUT2D eigenvalue weighted by atomic mass is 35.5. The molecule has 1 fully saturated rings. The van der Waals surface area contributed by atoms with E-state index in [0.717, 1.165) is 22.2 Å². The highest BCUT2D eigenvalue weighted by Crippen LogP contribution is 2.30.